The van der Waals surface area contributed by atoms with Gasteiger partial charge >= 0.3 is 0 Å². The number of hydrogen-bond acceptors (Lipinski definition) is 9. The van der Waals surface area contributed by atoms with Crippen LogP contribution in [0.1, 0.15) is 5.56 Å². The highest BCUT2D eigenvalue weighted by Crippen LogP contribution is 2.30. The molecular formula is C19H21N7O3. The van der Waals surface area contributed by atoms with E-state index in [0.717, 1.165) is 24.7 Å². The molecule has 0 aliphatic carbocycles. The molecule has 0 unspecified atom stereocenters. The minimum absolute atomic E-state index is 0.0332. The summed E-state index contributed by atoms with van der Waals surface area (Å²) in [6.07, 6.45) is 1.58. The molecule has 0 bridgehead atoms. The number of nitro groups is 1. The summed E-state index contributed by atoms with van der Waals surface area (Å²) in [7, 11) is 0. The quantitative estimate of drug-likeness (QED) is 0.560. The van der Waals surface area contributed by atoms with Crippen LogP contribution in [0, 0.1) is 21.4 Å². The van der Waals surface area contributed by atoms with Crippen LogP contribution in [0.3, 0.4) is 0 Å². The van der Waals surface area contributed by atoms with E-state index in [1.165, 1.54) is 6.07 Å². The van der Waals surface area contributed by atoms with E-state index >= 15 is 0 Å². The zero-order valence-electron chi connectivity index (χ0n) is 15.9. The van der Waals surface area contributed by atoms with Crippen LogP contribution in [-0.4, -0.2) is 67.4 Å². The number of ether oxygens (including phenoxy) is 1. The van der Waals surface area contributed by atoms with Crippen molar-refractivity contribution in [1.82, 2.24) is 9.97 Å². The number of hydrogen-bond donors (Lipinski definition) is 0. The van der Waals surface area contributed by atoms with E-state index < -0.39 is 4.92 Å². The average Bonchev–Trinajstić information content (AvgIpc) is 2.79. The Kier molecular flexibility index (Phi) is 5.39. The Morgan fingerprint density at radius 3 is 2.21 bits per heavy atom. The Bertz CT molecular complexity index is 932. The molecule has 0 atom stereocenters. The van der Waals surface area contributed by atoms with Crippen molar-refractivity contribution < 1.29 is 9.66 Å². The van der Waals surface area contributed by atoms with Gasteiger partial charge in [-0.3, -0.25) is 10.1 Å². The number of aromatic nitrogens is 2. The summed E-state index contributed by atoms with van der Waals surface area (Å²) in [5.41, 5.74) is 0.801. The topological polar surface area (TPSA) is 112 Å². The van der Waals surface area contributed by atoms with E-state index in [1.54, 1.807) is 18.5 Å². The summed E-state index contributed by atoms with van der Waals surface area (Å²) >= 11 is 0. The molecule has 2 aliphatic heterocycles. The maximum absolute atomic E-state index is 11.4. The van der Waals surface area contributed by atoms with E-state index in [0.29, 0.717) is 45.1 Å². The molecule has 4 rings (SSSR count). The van der Waals surface area contributed by atoms with E-state index in [-0.39, 0.29) is 11.3 Å². The SMILES string of the molecule is N#Cc1ccc(N2CCN(c3cc(N4CCOCC4)ncn3)CC2)c([N+](=O)[O-])c1. The molecule has 2 aromatic rings. The van der Waals surface area contributed by atoms with E-state index in [2.05, 4.69) is 19.8 Å². The van der Waals surface area contributed by atoms with Gasteiger partial charge in [0.2, 0.25) is 0 Å². The first-order valence-corrected chi connectivity index (χ1v) is 9.49. The van der Waals surface area contributed by atoms with Gasteiger partial charge < -0.3 is 19.4 Å². The Labute approximate surface area is 168 Å². The smallest absolute Gasteiger partial charge is 0.293 e. The summed E-state index contributed by atoms with van der Waals surface area (Å²) in [5.74, 6) is 1.75. The lowest BCUT2D eigenvalue weighted by Crippen LogP contribution is -2.47. The fourth-order valence-corrected chi connectivity index (χ4v) is 3.66. The first-order chi connectivity index (χ1) is 14.2. The van der Waals surface area contributed by atoms with Gasteiger partial charge in [-0.25, -0.2) is 9.97 Å². The largest absolute Gasteiger partial charge is 0.378 e. The molecule has 29 heavy (non-hydrogen) atoms. The van der Waals surface area contributed by atoms with Crippen LogP contribution < -0.4 is 14.7 Å². The number of morpholine rings is 1. The summed E-state index contributed by atoms with van der Waals surface area (Å²) in [5, 5.41) is 20.4. The fraction of sp³-hybridized carbons (Fsp3) is 0.421. The molecule has 10 nitrogen and oxygen atoms in total. The second-order valence-corrected chi connectivity index (χ2v) is 6.88. The van der Waals surface area contributed by atoms with Crippen molar-refractivity contribution in [1.29, 1.82) is 5.26 Å². The van der Waals surface area contributed by atoms with Gasteiger partial charge in [0.15, 0.2) is 0 Å². The highest BCUT2D eigenvalue weighted by molar-refractivity contribution is 5.66. The lowest BCUT2D eigenvalue weighted by molar-refractivity contribution is -0.384. The van der Waals surface area contributed by atoms with Crippen LogP contribution in [0.2, 0.25) is 0 Å². The van der Waals surface area contributed by atoms with Gasteiger partial charge in [-0.1, -0.05) is 0 Å². The van der Waals surface area contributed by atoms with Crippen molar-refractivity contribution in [3.8, 4) is 6.07 Å². The Balaban J connectivity index is 1.46. The van der Waals surface area contributed by atoms with Gasteiger partial charge in [-0.2, -0.15) is 5.26 Å². The van der Waals surface area contributed by atoms with E-state index in [9.17, 15) is 10.1 Å². The minimum atomic E-state index is -0.429. The molecule has 1 aromatic heterocycles. The average molecular weight is 395 g/mol. The fourth-order valence-electron chi connectivity index (χ4n) is 3.66. The highest BCUT2D eigenvalue weighted by atomic mass is 16.6. The van der Waals surface area contributed by atoms with Gasteiger partial charge in [0.25, 0.3) is 5.69 Å². The number of nitriles is 1. The van der Waals surface area contributed by atoms with Crippen molar-refractivity contribution in [3.05, 3.63) is 46.3 Å². The third-order valence-electron chi connectivity index (χ3n) is 5.22. The first kappa shape index (κ1) is 18.9. The lowest BCUT2D eigenvalue weighted by Gasteiger charge is -2.36. The number of benzene rings is 1. The lowest BCUT2D eigenvalue weighted by atomic mass is 10.1. The molecule has 10 heteroatoms. The van der Waals surface area contributed by atoms with Crippen LogP contribution in [-0.2, 0) is 4.74 Å². The standard InChI is InChI=1S/C19H21N7O3/c20-13-15-1-2-16(17(11-15)26(27)28)23-3-5-24(6-4-23)18-12-19(22-14-21-18)25-7-9-29-10-8-25/h1-2,11-12,14H,3-10H2. The Hall–Kier alpha value is -3.45. The number of nitro benzene ring substituents is 1. The van der Waals surface area contributed by atoms with Crippen LogP contribution in [0.15, 0.2) is 30.6 Å². The van der Waals surface area contributed by atoms with Gasteiger partial charge in [-0.05, 0) is 12.1 Å². The normalized spacial score (nSPS) is 17.1. The molecule has 2 saturated heterocycles. The molecular weight excluding hydrogens is 374 g/mol. The number of nitrogens with zero attached hydrogens (tertiary/aromatic N) is 7. The van der Waals surface area contributed by atoms with Crippen molar-refractivity contribution >= 4 is 23.0 Å². The van der Waals surface area contributed by atoms with Crippen molar-refractivity contribution in [3.63, 3.8) is 0 Å². The molecule has 0 N–H and O–H groups in total. The number of piperazine rings is 1. The summed E-state index contributed by atoms with van der Waals surface area (Å²) in [6, 6.07) is 8.56. The van der Waals surface area contributed by atoms with E-state index in [1.807, 2.05) is 17.0 Å². The zero-order chi connectivity index (χ0) is 20.2. The van der Waals surface area contributed by atoms with Crippen molar-refractivity contribution in [2.45, 2.75) is 0 Å². The van der Waals surface area contributed by atoms with Crippen molar-refractivity contribution in [2.24, 2.45) is 0 Å². The van der Waals surface area contributed by atoms with Gasteiger partial charge in [0.1, 0.15) is 23.7 Å². The third-order valence-corrected chi connectivity index (χ3v) is 5.22. The Morgan fingerprint density at radius 1 is 0.966 bits per heavy atom. The van der Waals surface area contributed by atoms with Crippen LogP contribution >= 0.6 is 0 Å². The van der Waals surface area contributed by atoms with Crippen LogP contribution in [0.25, 0.3) is 0 Å². The van der Waals surface area contributed by atoms with Crippen molar-refractivity contribution in [2.75, 3.05) is 67.2 Å². The highest BCUT2D eigenvalue weighted by Gasteiger charge is 2.25. The monoisotopic (exact) mass is 395 g/mol. The van der Waals surface area contributed by atoms with Gasteiger partial charge in [0.05, 0.1) is 29.8 Å². The molecule has 3 heterocycles. The number of rotatable bonds is 4. The molecule has 0 saturated carbocycles. The Morgan fingerprint density at radius 2 is 1.59 bits per heavy atom. The molecule has 0 amide bonds. The zero-order valence-corrected chi connectivity index (χ0v) is 15.9. The maximum Gasteiger partial charge on any atom is 0.293 e. The van der Waals surface area contributed by atoms with Gasteiger partial charge in [0, 0.05) is 51.4 Å². The minimum Gasteiger partial charge on any atom is -0.378 e. The summed E-state index contributed by atoms with van der Waals surface area (Å²) in [6.45, 7) is 5.66. The number of anilines is 3. The molecule has 0 radical (unpaired) electrons. The second-order valence-electron chi connectivity index (χ2n) is 6.88. The van der Waals surface area contributed by atoms with E-state index in [4.69, 9.17) is 10.00 Å². The predicted octanol–water partition coefficient (Wildman–Crippen LogP) is 1.42. The van der Waals surface area contributed by atoms with Gasteiger partial charge in [-0.15, -0.1) is 0 Å². The molecule has 1 aromatic carbocycles. The van der Waals surface area contributed by atoms with Crippen LogP contribution in [0.4, 0.5) is 23.0 Å². The maximum atomic E-state index is 11.4. The molecule has 2 aliphatic rings. The molecule has 2 fully saturated rings. The summed E-state index contributed by atoms with van der Waals surface area (Å²) < 4.78 is 5.40. The van der Waals surface area contributed by atoms with Crippen LogP contribution in [0.5, 0.6) is 0 Å². The predicted molar refractivity (Wildman–Crippen MR) is 107 cm³/mol. The summed E-state index contributed by atoms with van der Waals surface area (Å²) in [4.78, 5) is 26.1. The first-order valence-electron chi connectivity index (χ1n) is 9.49. The molecule has 150 valence electrons. The second kappa shape index (κ2) is 8.28. The molecule has 0 spiro atoms. The third kappa shape index (κ3) is 4.05.